The molecule has 0 bridgehead atoms. The Morgan fingerprint density at radius 2 is 2.33 bits per heavy atom. The van der Waals surface area contributed by atoms with Gasteiger partial charge in [0.05, 0.1) is 0 Å². The van der Waals surface area contributed by atoms with Crippen molar-refractivity contribution in [2.24, 2.45) is 0 Å². The number of rotatable bonds is 1. The van der Waals surface area contributed by atoms with Crippen molar-refractivity contribution in [3.8, 4) is 0 Å². The molecule has 1 heterocycles. The van der Waals surface area contributed by atoms with Gasteiger partial charge in [0.2, 0.25) is 0 Å². The van der Waals surface area contributed by atoms with E-state index in [2.05, 4.69) is 0 Å². The van der Waals surface area contributed by atoms with Gasteiger partial charge in [-0.2, -0.15) is 11.8 Å². The van der Waals surface area contributed by atoms with E-state index in [0.29, 0.717) is 17.0 Å². The lowest BCUT2D eigenvalue weighted by molar-refractivity contribution is 0.0390. The van der Waals surface area contributed by atoms with Crippen LogP contribution in [0.4, 0.5) is 4.39 Å². The highest BCUT2D eigenvalue weighted by atomic mass is 35.5. The first-order valence-corrected chi connectivity index (χ1v) is 6.26. The highest BCUT2D eigenvalue weighted by Gasteiger charge is 2.42. The van der Waals surface area contributed by atoms with Crippen molar-refractivity contribution in [3.63, 3.8) is 0 Å². The molecule has 0 spiro atoms. The van der Waals surface area contributed by atoms with Crippen LogP contribution in [0.15, 0.2) is 18.2 Å². The molecule has 0 aromatic heterocycles. The normalized spacial score (nSPS) is 30.8. The fraction of sp³-hybridized carbons (Fsp3) is 0.455. The molecule has 82 valence electrons. The molecule has 4 heteroatoms. The van der Waals surface area contributed by atoms with E-state index in [1.54, 1.807) is 23.9 Å². The molecule has 2 rings (SSSR count). The minimum atomic E-state index is -1.04. The molecular weight excluding hydrogens is 235 g/mol. The SMILES string of the molecule is CC1SCCC1(O)c1ccc(Cl)cc1F. The van der Waals surface area contributed by atoms with Gasteiger partial charge in [-0.1, -0.05) is 24.6 Å². The predicted molar refractivity (Wildman–Crippen MR) is 61.8 cm³/mol. The van der Waals surface area contributed by atoms with Gasteiger partial charge < -0.3 is 5.11 Å². The maximum absolute atomic E-state index is 13.7. The topological polar surface area (TPSA) is 20.2 Å². The number of hydrogen-bond acceptors (Lipinski definition) is 2. The van der Waals surface area contributed by atoms with Crippen molar-refractivity contribution in [1.82, 2.24) is 0 Å². The molecule has 1 nitrogen and oxygen atoms in total. The van der Waals surface area contributed by atoms with Crippen LogP contribution in [0.5, 0.6) is 0 Å². The average Bonchev–Trinajstić information content (AvgIpc) is 2.47. The van der Waals surface area contributed by atoms with E-state index in [-0.39, 0.29) is 5.25 Å². The molecular formula is C11H12ClFOS. The van der Waals surface area contributed by atoms with Gasteiger partial charge in [-0.25, -0.2) is 4.39 Å². The molecule has 1 fully saturated rings. The lowest BCUT2D eigenvalue weighted by Gasteiger charge is -2.27. The first kappa shape index (κ1) is 11.2. The van der Waals surface area contributed by atoms with E-state index in [0.717, 1.165) is 5.75 Å². The van der Waals surface area contributed by atoms with Crippen LogP contribution in [-0.4, -0.2) is 16.1 Å². The fourth-order valence-electron chi connectivity index (χ4n) is 1.93. The number of hydrogen-bond donors (Lipinski definition) is 1. The van der Waals surface area contributed by atoms with Crippen LogP contribution >= 0.6 is 23.4 Å². The van der Waals surface area contributed by atoms with Crippen molar-refractivity contribution < 1.29 is 9.50 Å². The van der Waals surface area contributed by atoms with Gasteiger partial charge in [-0.3, -0.25) is 0 Å². The second-order valence-electron chi connectivity index (χ2n) is 3.81. The lowest BCUT2D eigenvalue weighted by atomic mass is 9.88. The summed E-state index contributed by atoms with van der Waals surface area (Å²) in [4.78, 5) is 0. The third-order valence-corrected chi connectivity index (χ3v) is 4.49. The van der Waals surface area contributed by atoms with Gasteiger partial charge in [-0.15, -0.1) is 0 Å². The Kier molecular flexibility index (Phi) is 2.97. The summed E-state index contributed by atoms with van der Waals surface area (Å²) in [6, 6.07) is 4.46. The third kappa shape index (κ3) is 1.88. The van der Waals surface area contributed by atoms with Crippen LogP contribution in [0, 0.1) is 5.82 Å². The summed E-state index contributed by atoms with van der Waals surface area (Å²) < 4.78 is 13.7. The summed E-state index contributed by atoms with van der Waals surface area (Å²) in [5.74, 6) is 0.444. The molecule has 1 aliphatic rings. The average molecular weight is 247 g/mol. The first-order valence-electron chi connectivity index (χ1n) is 4.83. The van der Waals surface area contributed by atoms with Gasteiger partial charge in [0.15, 0.2) is 0 Å². The zero-order valence-electron chi connectivity index (χ0n) is 8.34. The quantitative estimate of drug-likeness (QED) is 0.821. The first-order chi connectivity index (χ1) is 7.04. The fourth-order valence-corrected chi connectivity index (χ4v) is 3.39. The second-order valence-corrected chi connectivity index (χ2v) is 5.70. The minimum Gasteiger partial charge on any atom is -0.384 e. The van der Waals surface area contributed by atoms with Crippen molar-refractivity contribution in [2.75, 3.05) is 5.75 Å². The third-order valence-electron chi connectivity index (χ3n) is 2.92. The van der Waals surface area contributed by atoms with E-state index in [1.807, 2.05) is 6.92 Å². The number of halogens is 2. The van der Waals surface area contributed by atoms with E-state index < -0.39 is 11.4 Å². The summed E-state index contributed by atoms with van der Waals surface area (Å²) in [5, 5.41) is 10.8. The maximum atomic E-state index is 13.7. The Morgan fingerprint density at radius 1 is 1.60 bits per heavy atom. The van der Waals surface area contributed by atoms with Gasteiger partial charge >= 0.3 is 0 Å². The Balaban J connectivity index is 2.44. The number of aliphatic hydroxyl groups is 1. The molecule has 1 saturated heterocycles. The van der Waals surface area contributed by atoms with Crippen molar-refractivity contribution in [1.29, 1.82) is 0 Å². The molecule has 2 unspecified atom stereocenters. The van der Waals surface area contributed by atoms with E-state index in [9.17, 15) is 9.50 Å². The summed E-state index contributed by atoms with van der Waals surface area (Å²) >= 11 is 7.34. The Hall–Kier alpha value is -0.250. The van der Waals surface area contributed by atoms with E-state index in [4.69, 9.17) is 11.6 Å². The smallest absolute Gasteiger partial charge is 0.130 e. The van der Waals surface area contributed by atoms with Crippen LogP contribution in [0.2, 0.25) is 5.02 Å². The van der Waals surface area contributed by atoms with Crippen LogP contribution in [-0.2, 0) is 5.60 Å². The summed E-state index contributed by atoms with van der Waals surface area (Å²) in [6.07, 6.45) is 0.595. The van der Waals surface area contributed by atoms with Crippen molar-refractivity contribution >= 4 is 23.4 Å². The molecule has 1 aromatic carbocycles. The molecule has 15 heavy (non-hydrogen) atoms. The highest BCUT2D eigenvalue weighted by Crippen LogP contribution is 2.44. The van der Waals surface area contributed by atoms with Gasteiger partial charge in [-0.05, 0) is 24.3 Å². The summed E-state index contributed by atoms with van der Waals surface area (Å²) in [7, 11) is 0. The Bertz CT molecular complexity index is 385. The highest BCUT2D eigenvalue weighted by molar-refractivity contribution is 8.00. The monoisotopic (exact) mass is 246 g/mol. The lowest BCUT2D eigenvalue weighted by Crippen LogP contribution is -2.32. The Labute approximate surface area is 97.6 Å². The molecule has 0 aliphatic carbocycles. The Morgan fingerprint density at radius 3 is 2.87 bits per heavy atom. The van der Waals surface area contributed by atoms with E-state index in [1.165, 1.54) is 6.07 Å². The molecule has 1 aromatic rings. The van der Waals surface area contributed by atoms with Gasteiger partial charge in [0.1, 0.15) is 11.4 Å². The van der Waals surface area contributed by atoms with Crippen LogP contribution in [0.25, 0.3) is 0 Å². The van der Waals surface area contributed by atoms with Crippen molar-refractivity contribution in [2.45, 2.75) is 24.2 Å². The molecule has 1 N–H and O–H groups in total. The van der Waals surface area contributed by atoms with Crippen LogP contribution in [0.3, 0.4) is 0 Å². The maximum Gasteiger partial charge on any atom is 0.130 e. The van der Waals surface area contributed by atoms with Crippen molar-refractivity contribution in [3.05, 3.63) is 34.6 Å². The largest absolute Gasteiger partial charge is 0.384 e. The second kappa shape index (κ2) is 3.96. The zero-order chi connectivity index (χ0) is 11.1. The van der Waals surface area contributed by atoms with Crippen LogP contribution < -0.4 is 0 Å². The number of benzene rings is 1. The summed E-state index contributed by atoms with van der Waals surface area (Å²) in [5.41, 5.74) is -0.677. The summed E-state index contributed by atoms with van der Waals surface area (Å²) in [6.45, 7) is 1.92. The number of thioether (sulfide) groups is 1. The molecule has 0 radical (unpaired) electrons. The minimum absolute atomic E-state index is 0.0215. The predicted octanol–water partition coefficient (Wildman–Crippen LogP) is 3.19. The standard InChI is InChI=1S/C11H12ClFOS/c1-7-11(14,4-5-15-7)9-3-2-8(12)6-10(9)13/h2-3,6-7,14H,4-5H2,1H3. The molecule has 0 saturated carbocycles. The molecule has 0 amide bonds. The van der Waals surface area contributed by atoms with Gasteiger partial charge in [0.25, 0.3) is 0 Å². The zero-order valence-corrected chi connectivity index (χ0v) is 9.91. The molecule has 2 atom stereocenters. The molecule has 1 aliphatic heterocycles. The van der Waals surface area contributed by atoms with Gasteiger partial charge in [0, 0.05) is 15.8 Å². The van der Waals surface area contributed by atoms with E-state index >= 15 is 0 Å². The van der Waals surface area contributed by atoms with Crippen LogP contribution in [0.1, 0.15) is 18.9 Å².